The number of rotatable bonds is 4. The molecular formula is C12H16N2O2S. The maximum absolute atomic E-state index is 11.4. The Balaban J connectivity index is 2.59. The average molecular weight is 252 g/mol. The maximum atomic E-state index is 11.4. The fraction of sp³-hybridized carbons (Fsp3) is 0.333. The van der Waals surface area contributed by atoms with Gasteiger partial charge in [-0.25, -0.2) is 4.79 Å². The maximum Gasteiger partial charge on any atom is 0.411 e. The van der Waals surface area contributed by atoms with Crippen LogP contribution in [0.4, 0.5) is 10.5 Å². The number of nitrogens with one attached hydrogen (secondary N) is 1. The number of nitrogens with two attached hydrogens (primary N) is 1. The SMILES string of the molecule is CC(C)COC(=O)Nc1cccc(C(N)=S)c1. The van der Waals surface area contributed by atoms with E-state index in [1.54, 1.807) is 24.3 Å². The van der Waals surface area contributed by atoms with E-state index in [-0.39, 0.29) is 0 Å². The Morgan fingerprint density at radius 2 is 2.24 bits per heavy atom. The second kappa shape index (κ2) is 6.20. The third-order valence-electron chi connectivity index (χ3n) is 1.94. The summed E-state index contributed by atoms with van der Waals surface area (Å²) in [5.74, 6) is 0.309. The third-order valence-corrected chi connectivity index (χ3v) is 2.18. The molecular weight excluding hydrogens is 236 g/mol. The monoisotopic (exact) mass is 252 g/mol. The van der Waals surface area contributed by atoms with Crippen LogP contribution in [-0.4, -0.2) is 17.7 Å². The number of benzene rings is 1. The lowest BCUT2D eigenvalue weighted by atomic mass is 10.2. The second-order valence-electron chi connectivity index (χ2n) is 4.06. The molecule has 1 rings (SSSR count). The molecule has 0 aliphatic carbocycles. The van der Waals surface area contributed by atoms with Gasteiger partial charge in [0.05, 0.1) is 6.61 Å². The van der Waals surface area contributed by atoms with Crippen molar-refractivity contribution in [3.8, 4) is 0 Å². The van der Waals surface area contributed by atoms with E-state index in [0.717, 1.165) is 0 Å². The highest BCUT2D eigenvalue weighted by molar-refractivity contribution is 7.80. The predicted octanol–water partition coefficient (Wildman–Crippen LogP) is 2.53. The standard InChI is InChI=1S/C12H16N2O2S/c1-8(2)7-16-12(15)14-10-5-3-4-9(6-10)11(13)17/h3-6,8H,7H2,1-2H3,(H2,13,17)(H,14,15). The molecule has 17 heavy (non-hydrogen) atoms. The van der Waals surface area contributed by atoms with Gasteiger partial charge in [-0.15, -0.1) is 0 Å². The molecule has 0 atom stereocenters. The highest BCUT2D eigenvalue weighted by Gasteiger charge is 2.05. The van der Waals surface area contributed by atoms with Crippen LogP contribution in [-0.2, 0) is 4.74 Å². The second-order valence-corrected chi connectivity index (χ2v) is 4.50. The van der Waals surface area contributed by atoms with E-state index in [4.69, 9.17) is 22.7 Å². The quantitative estimate of drug-likeness (QED) is 0.808. The van der Waals surface area contributed by atoms with Crippen molar-refractivity contribution >= 4 is 29.0 Å². The lowest BCUT2D eigenvalue weighted by molar-refractivity contribution is 0.147. The van der Waals surface area contributed by atoms with Crippen molar-refractivity contribution in [1.29, 1.82) is 0 Å². The van der Waals surface area contributed by atoms with Crippen molar-refractivity contribution in [3.63, 3.8) is 0 Å². The van der Waals surface area contributed by atoms with E-state index >= 15 is 0 Å². The van der Waals surface area contributed by atoms with E-state index in [0.29, 0.717) is 28.8 Å². The number of hydrogen-bond donors (Lipinski definition) is 2. The zero-order valence-electron chi connectivity index (χ0n) is 9.90. The molecule has 3 N–H and O–H groups in total. The van der Waals surface area contributed by atoms with Gasteiger partial charge in [-0.3, -0.25) is 5.32 Å². The lowest BCUT2D eigenvalue weighted by Crippen LogP contribution is -2.17. The van der Waals surface area contributed by atoms with Gasteiger partial charge in [0, 0.05) is 11.3 Å². The lowest BCUT2D eigenvalue weighted by Gasteiger charge is -2.09. The molecule has 0 saturated carbocycles. The highest BCUT2D eigenvalue weighted by atomic mass is 32.1. The Morgan fingerprint density at radius 1 is 1.53 bits per heavy atom. The van der Waals surface area contributed by atoms with Gasteiger partial charge in [-0.2, -0.15) is 0 Å². The van der Waals surface area contributed by atoms with Gasteiger partial charge in [-0.1, -0.05) is 38.2 Å². The number of carbonyl (C=O) groups is 1. The summed E-state index contributed by atoms with van der Waals surface area (Å²) in [6.45, 7) is 4.34. The van der Waals surface area contributed by atoms with Gasteiger partial charge in [0.2, 0.25) is 0 Å². The Labute approximate surface area is 106 Å². The molecule has 0 aromatic heterocycles. The summed E-state index contributed by atoms with van der Waals surface area (Å²) in [5, 5.41) is 2.62. The molecule has 0 aliphatic heterocycles. The minimum atomic E-state index is -0.473. The van der Waals surface area contributed by atoms with Crippen LogP contribution >= 0.6 is 12.2 Å². The molecule has 0 fully saturated rings. The minimum Gasteiger partial charge on any atom is -0.449 e. The van der Waals surface area contributed by atoms with Crippen molar-refractivity contribution in [3.05, 3.63) is 29.8 Å². The zero-order chi connectivity index (χ0) is 12.8. The molecule has 1 aromatic rings. The Morgan fingerprint density at radius 3 is 2.82 bits per heavy atom. The number of anilines is 1. The van der Waals surface area contributed by atoms with Crippen LogP contribution in [0.25, 0.3) is 0 Å². The van der Waals surface area contributed by atoms with Gasteiger partial charge in [-0.05, 0) is 18.1 Å². The third kappa shape index (κ3) is 4.82. The van der Waals surface area contributed by atoms with E-state index in [2.05, 4.69) is 5.32 Å². The number of ether oxygens (including phenoxy) is 1. The van der Waals surface area contributed by atoms with Crippen molar-refractivity contribution < 1.29 is 9.53 Å². The van der Waals surface area contributed by atoms with Crippen molar-refractivity contribution in [2.24, 2.45) is 11.7 Å². The average Bonchev–Trinajstić information content (AvgIpc) is 2.26. The zero-order valence-corrected chi connectivity index (χ0v) is 10.7. The van der Waals surface area contributed by atoms with Gasteiger partial charge in [0.1, 0.15) is 4.99 Å². The molecule has 0 heterocycles. The predicted molar refractivity (Wildman–Crippen MR) is 72.1 cm³/mol. The van der Waals surface area contributed by atoms with Crippen LogP contribution in [0.15, 0.2) is 24.3 Å². The van der Waals surface area contributed by atoms with E-state index in [9.17, 15) is 4.79 Å². The van der Waals surface area contributed by atoms with Crippen LogP contribution in [0, 0.1) is 5.92 Å². The van der Waals surface area contributed by atoms with E-state index < -0.39 is 6.09 Å². The van der Waals surface area contributed by atoms with Crippen LogP contribution in [0.5, 0.6) is 0 Å². The largest absolute Gasteiger partial charge is 0.449 e. The normalized spacial score (nSPS) is 10.1. The first-order valence-electron chi connectivity index (χ1n) is 5.32. The van der Waals surface area contributed by atoms with Gasteiger partial charge in [0.15, 0.2) is 0 Å². The molecule has 1 amide bonds. The minimum absolute atomic E-state index is 0.296. The summed E-state index contributed by atoms with van der Waals surface area (Å²) in [7, 11) is 0. The van der Waals surface area contributed by atoms with E-state index in [1.165, 1.54) is 0 Å². The van der Waals surface area contributed by atoms with Gasteiger partial charge >= 0.3 is 6.09 Å². The van der Waals surface area contributed by atoms with Gasteiger partial charge in [0.25, 0.3) is 0 Å². The van der Waals surface area contributed by atoms with E-state index in [1.807, 2.05) is 13.8 Å². The summed E-state index contributed by atoms with van der Waals surface area (Å²) in [5.41, 5.74) is 6.82. The van der Waals surface area contributed by atoms with Crippen molar-refractivity contribution in [1.82, 2.24) is 0 Å². The Bertz CT molecular complexity index is 419. The topological polar surface area (TPSA) is 64.3 Å². The molecule has 1 aromatic carbocycles. The number of hydrogen-bond acceptors (Lipinski definition) is 3. The summed E-state index contributed by atoms with van der Waals surface area (Å²) < 4.78 is 4.99. The number of thiocarbonyl (C=S) groups is 1. The first-order chi connectivity index (χ1) is 7.99. The molecule has 4 nitrogen and oxygen atoms in total. The van der Waals surface area contributed by atoms with Crippen molar-refractivity contribution in [2.45, 2.75) is 13.8 Å². The fourth-order valence-corrected chi connectivity index (χ4v) is 1.27. The number of carbonyl (C=O) groups excluding carboxylic acids is 1. The summed E-state index contributed by atoms with van der Waals surface area (Å²) in [6.07, 6.45) is -0.473. The Hall–Kier alpha value is -1.62. The molecule has 0 radical (unpaired) electrons. The molecule has 0 saturated heterocycles. The molecule has 92 valence electrons. The molecule has 0 bridgehead atoms. The first kappa shape index (κ1) is 13.4. The van der Waals surface area contributed by atoms with Gasteiger partial charge < -0.3 is 10.5 Å². The van der Waals surface area contributed by atoms with Crippen molar-refractivity contribution in [2.75, 3.05) is 11.9 Å². The summed E-state index contributed by atoms with van der Waals surface area (Å²) in [4.78, 5) is 11.7. The summed E-state index contributed by atoms with van der Waals surface area (Å²) >= 11 is 4.85. The van der Waals surface area contributed by atoms with Crippen LogP contribution in [0.2, 0.25) is 0 Å². The fourth-order valence-electron chi connectivity index (χ4n) is 1.15. The van der Waals surface area contributed by atoms with Crippen LogP contribution in [0.3, 0.4) is 0 Å². The molecule has 0 spiro atoms. The summed E-state index contributed by atoms with van der Waals surface area (Å²) in [6, 6.07) is 7.01. The highest BCUT2D eigenvalue weighted by Crippen LogP contribution is 2.11. The van der Waals surface area contributed by atoms with Crippen LogP contribution < -0.4 is 11.1 Å². The Kier molecular flexibility index (Phi) is 4.90. The first-order valence-corrected chi connectivity index (χ1v) is 5.73. The smallest absolute Gasteiger partial charge is 0.411 e. The molecule has 5 heteroatoms. The van der Waals surface area contributed by atoms with Crippen LogP contribution in [0.1, 0.15) is 19.4 Å². The molecule has 0 aliphatic rings. The molecule has 0 unspecified atom stereocenters. The number of amides is 1.